The van der Waals surface area contributed by atoms with E-state index < -0.39 is 9.84 Å². The van der Waals surface area contributed by atoms with Gasteiger partial charge in [-0.3, -0.25) is 4.79 Å². The summed E-state index contributed by atoms with van der Waals surface area (Å²) < 4.78 is 27.7. The van der Waals surface area contributed by atoms with Crippen molar-refractivity contribution in [2.45, 2.75) is 11.8 Å². The first-order chi connectivity index (χ1) is 12.2. The highest BCUT2D eigenvalue weighted by molar-refractivity contribution is 7.90. The zero-order valence-electron chi connectivity index (χ0n) is 13.8. The minimum absolute atomic E-state index is 0.0832. The summed E-state index contributed by atoms with van der Waals surface area (Å²) in [6.45, 7) is 1.33. The van der Waals surface area contributed by atoms with Gasteiger partial charge >= 0.3 is 0 Å². The molecule has 0 fully saturated rings. The zero-order chi connectivity index (χ0) is 18.9. The number of aromatic nitrogens is 1. The molecule has 0 saturated carbocycles. The van der Waals surface area contributed by atoms with Crippen LogP contribution in [-0.2, 0) is 14.6 Å². The largest absolute Gasteiger partial charge is 0.506 e. The predicted molar refractivity (Wildman–Crippen MR) is 99.3 cm³/mol. The second-order valence-electron chi connectivity index (χ2n) is 5.52. The molecule has 8 nitrogen and oxygen atoms in total. The molecule has 10 heteroatoms. The fourth-order valence-electron chi connectivity index (χ4n) is 2.19. The van der Waals surface area contributed by atoms with E-state index in [2.05, 4.69) is 19.9 Å². The van der Waals surface area contributed by atoms with Crippen LogP contribution in [0.25, 0.3) is 10.9 Å². The van der Waals surface area contributed by atoms with Gasteiger partial charge in [-0.2, -0.15) is 4.37 Å². The highest BCUT2D eigenvalue weighted by atomic mass is 32.2. The number of aromatic hydroxyl groups is 1. The van der Waals surface area contributed by atoms with E-state index in [9.17, 15) is 18.3 Å². The Labute approximate surface area is 153 Å². The second kappa shape index (κ2) is 6.81. The molecule has 0 aliphatic heterocycles. The van der Waals surface area contributed by atoms with Crippen molar-refractivity contribution in [3.8, 4) is 5.75 Å². The maximum absolute atomic E-state index is 11.7. The number of carbonyl (C=O) groups is 1. The van der Waals surface area contributed by atoms with Gasteiger partial charge in [-0.05, 0) is 47.9 Å². The number of amides is 1. The van der Waals surface area contributed by atoms with Crippen molar-refractivity contribution in [1.82, 2.24) is 4.37 Å². The van der Waals surface area contributed by atoms with Crippen LogP contribution in [0.1, 0.15) is 6.92 Å². The highest BCUT2D eigenvalue weighted by Crippen LogP contribution is 2.34. The molecule has 0 unspecified atom stereocenters. The number of phenols is 1. The van der Waals surface area contributed by atoms with Crippen molar-refractivity contribution in [3.63, 3.8) is 0 Å². The van der Waals surface area contributed by atoms with E-state index >= 15 is 0 Å². The Morgan fingerprint density at radius 2 is 1.96 bits per heavy atom. The Balaban J connectivity index is 1.97. The third-order valence-corrected chi connectivity index (χ3v) is 5.28. The molecule has 2 N–H and O–H groups in total. The molecule has 0 aliphatic carbocycles. The lowest BCUT2D eigenvalue weighted by atomic mass is 10.2. The van der Waals surface area contributed by atoms with Crippen LogP contribution in [0.3, 0.4) is 0 Å². The molecule has 0 bridgehead atoms. The van der Waals surface area contributed by atoms with Gasteiger partial charge in [0.25, 0.3) is 0 Å². The summed E-state index contributed by atoms with van der Waals surface area (Å²) >= 11 is 1.10. The number of carbonyl (C=O) groups excluding carboxylic acids is 1. The lowest BCUT2D eigenvalue weighted by molar-refractivity contribution is -0.114. The number of fused-ring (bicyclic) bond motifs is 1. The van der Waals surface area contributed by atoms with Gasteiger partial charge in [0.2, 0.25) is 5.91 Å². The normalized spacial score (nSPS) is 11.9. The van der Waals surface area contributed by atoms with E-state index in [4.69, 9.17) is 0 Å². The fourth-order valence-corrected chi connectivity index (χ4v) is 3.52. The second-order valence-corrected chi connectivity index (χ2v) is 8.29. The maximum atomic E-state index is 11.7. The third-order valence-electron chi connectivity index (χ3n) is 3.40. The summed E-state index contributed by atoms with van der Waals surface area (Å²) in [5.74, 6) is -0.406. The van der Waals surface area contributed by atoms with Gasteiger partial charge in [0.05, 0.1) is 21.8 Å². The average molecular weight is 390 g/mol. The summed E-state index contributed by atoms with van der Waals surface area (Å²) in [5.41, 5.74) is 1.26. The summed E-state index contributed by atoms with van der Waals surface area (Å²) in [6.07, 6.45) is 1.13. The lowest BCUT2D eigenvalue weighted by Gasteiger charge is -2.05. The number of hydrogen-bond acceptors (Lipinski definition) is 8. The first-order valence-corrected chi connectivity index (χ1v) is 10.0. The van der Waals surface area contributed by atoms with Crippen molar-refractivity contribution in [3.05, 3.63) is 36.4 Å². The SMILES string of the molecule is CC(=O)Nc1cc(N=Nc2snc3ccc(S(C)(=O)=O)cc23)ccc1O. The van der Waals surface area contributed by atoms with Crippen LogP contribution < -0.4 is 5.32 Å². The Morgan fingerprint density at radius 1 is 1.19 bits per heavy atom. The van der Waals surface area contributed by atoms with Crippen molar-refractivity contribution in [1.29, 1.82) is 0 Å². The molecule has 2 aromatic carbocycles. The molecule has 26 heavy (non-hydrogen) atoms. The van der Waals surface area contributed by atoms with Crippen LogP contribution in [0.15, 0.2) is 51.5 Å². The first kappa shape index (κ1) is 18.0. The van der Waals surface area contributed by atoms with Crippen LogP contribution in [0.2, 0.25) is 0 Å². The van der Waals surface area contributed by atoms with E-state index in [0.29, 0.717) is 21.6 Å². The van der Waals surface area contributed by atoms with Gasteiger partial charge < -0.3 is 10.4 Å². The predicted octanol–water partition coefficient (Wildman–Crippen LogP) is 3.78. The van der Waals surface area contributed by atoms with Crippen molar-refractivity contribution < 1.29 is 18.3 Å². The van der Waals surface area contributed by atoms with Gasteiger partial charge in [0.1, 0.15) is 5.75 Å². The van der Waals surface area contributed by atoms with Gasteiger partial charge in [0, 0.05) is 18.6 Å². The quantitative estimate of drug-likeness (QED) is 0.519. The average Bonchev–Trinajstić information content (AvgIpc) is 2.96. The number of azo groups is 1. The van der Waals surface area contributed by atoms with Gasteiger partial charge in [0.15, 0.2) is 14.8 Å². The number of sulfone groups is 1. The molecule has 0 atom stereocenters. The lowest BCUT2D eigenvalue weighted by Crippen LogP contribution is -2.05. The number of nitrogens with zero attached hydrogens (tertiary/aromatic N) is 3. The smallest absolute Gasteiger partial charge is 0.221 e. The molecule has 1 aromatic heterocycles. The Hall–Kier alpha value is -2.85. The number of nitrogens with one attached hydrogen (secondary N) is 1. The standard InChI is InChI=1S/C16H14N4O4S2/c1-9(21)17-14-7-10(3-6-15(14)22)18-19-16-12-8-11(26(2,23)24)4-5-13(12)20-25-16/h3-8,22H,1-2H3,(H,17,21). The summed E-state index contributed by atoms with van der Waals surface area (Å²) in [4.78, 5) is 11.3. The molecule has 3 aromatic rings. The number of hydrogen-bond donors (Lipinski definition) is 2. The molecular formula is C16H14N4O4S2. The molecule has 0 radical (unpaired) electrons. The molecule has 134 valence electrons. The minimum Gasteiger partial charge on any atom is -0.506 e. The third kappa shape index (κ3) is 3.86. The monoisotopic (exact) mass is 390 g/mol. The summed E-state index contributed by atoms with van der Waals surface area (Å²) in [7, 11) is -3.34. The first-order valence-electron chi connectivity index (χ1n) is 7.36. The molecule has 0 saturated heterocycles. The Kier molecular flexibility index (Phi) is 4.70. The number of benzene rings is 2. The van der Waals surface area contributed by atoms with E-state index in [1.807, 2.05) is 0 Å². The molecule has 0 spiro atoms. The molecule has 1 heterocycles. The topological polar surface area (TPSA) is 121 Å². The maximum Gasteiger partial charge on any atom is 0.221 e. The Morgan fingerprint density at radius 3 is 2.65 bits per heavy atom. The van der Waals surface area contributed by atoms with Crippen LogP contribution >= 0.6 is 11.5 Å². The summed E-state index contributed by atoms with van der Waals surface area (Å²) in [6, 6.07) is 9.05. The molecule has 1 amide bonds. The van der Waals surface area contributed by atoms with Crippen LogP contribution in [0.5, 0.6) is 5.75 Å². The molecular weight excluding hydrogens is 376 g/mol. The van der Waals surface area contributed by atoms with Crippen LogP contribution in [0.4, 0.5) is 16.4 Å². The van der Waals surface area contributed by atoms with Crippen LogP contribution in [-0.4, -0.2) is 30.1 Å². The Bertz CT molecular complexity index is 1140. The van der Waals surface area contributed by atoms with Crippen molar-refractivity contribution in [2.75, 3.05) is 11.6 Å². The van der Waals surface area contributed by atoms with Crippen LogP contribution in [0, 0.1) is 0 Å². The molecule has 3 rings (SSSR count). The van der Waals surface area contributed by atoms with Gasteiger partial charge in [-0.25, -0.2) is 8.42 Å². The van der Waals surface area contributed by atoms with Gasteiger partial charge in [-0.15, -0.1) is 10.2 Å². The van der Waals surface area contributed by atoms with E-state index in [1.165, 1.54) is 37.3 Å². The fraction of sp³-hybridized carbons (Fsp3) is 0.125. The zero-order valence-corrected chi connectivity index (χ0v) is 15.4. The minimum atomic E-state index is -3.34. The van der Waals surface area contributed by atoms with E-state index in [0.717, 1.165) is 17.8 Å². The van der Waals surface area contributed by atoms with E-state index in [-0.39, 0.29) is 22.2 Å². The van der Waals surface area contributed by atoms with E-state index in [1.54, 1.807) is 6.07 Å². The van der Waals surface area contributed by atoms with Gasteiger partial charge in [-0.1, -0.05) is 0 Å². The molecule has 0 aliphatic rings. The highest BCUT2D eigenvalue weighted by Gasteiger charge is 2.12. The van der Waals surface area contributed by atoms with Crippen molar-refractivity contribution in [2.24, 2.45) is 10.2 Å². The summed E-state index contributed by atoms with van der Waals surface area (Å²) in [5, 5.41) is 21.5. The van der Waals surface area contributed by atoms with Crippen molar-refractivity contribution >= 4 is 54.6 Å². The number of anilines is 1. The number of phenolic OH excluding ortho intramolecular Hbond substituents is 1. The number of rotatable bonds is 4.